The van der Waals surface area contributed by atoms with Crippen LogP contribution in [-0.2, 0) is 11.2 Å². The standard InChI is InChI=1S/C16H13N3O2/c17-11-13-7-4-8-14(9-13)16(21)19-18-15(20)10-12-5-2-1-3-6-12/h1-9H,10H2,(H,18,20)(H,19,21). The number of nitrogens with one attached hydrogen (secondary N) is 2. The number of nitrogens with zero attached hydrogens (tertiary/aromatic N) is 1. The Bertz CT molecular complexity index is 690. The van der Waals surface area contributed by atoms with Crippen LogP contribution < -0.4 is 10.9 Å². The summed E-state index contributed by atoms with van der Waals surface area (Å²) in [5, 5.41) is 8.77. The Morgan fingerprint density at radius 1 is 1.00 bits per heavy atom. The highest BCUT2D eigenvalue weighted by Gasteiger charge is 2.08. The minimum absolute atomic E-state index is 0.180. The van der Waals surface area contributed by atoms with Crippen molar-refractivity contribution in [2.24, 2.45) is 0 Å². The van der Waals surface area contributed by atoms with E-state index in [1.165, 1.54) is 6.07 Å². The molecular weight excluding hydrogens is 266 g/mol. The monoisotopic (exact) mass is 279 g/mol. The van der Waals surface area contributed by atoms with E-state index in [4.69, 9.17) is 5.26 Å². The number of benzene rings is 2. The zero-order valence-electron chi connectivity index (χ0n) is 11.2. The number of rotatable bonds is 3. The van der Waals surface area contributed by atoms with Gasteiger partial charge in [0.1, 0.15) is 0 Å². The second-order valence-corrected chi connectivity index (χ2v) is 4.36. The summed E-state index contributed by atoms with van der Waals surface area (Å²) < 4.78 is 0. The first-order chi connectivity index (χ1) is 10.2. The number of hydrogen-bond donors (Lipinski definition) is 2. The molecule has 2 N–H and O–H groups in total. The van der Waals surface area contributed by atoms with E-state index in [1.54, 1.807) is 18.2 Å². The van der Waals surface area contributed by atoms with Crippen LogP contribution in [0.2, 0.25) is 0 Å². The molecule has 0 heterocycles. The lowest BCUT2D eigenvalue weighted by atomic mass is 10.1. The third kappa shape index (κ3) is 4.18. The molecule has 5 heteroatoms. The maximum Gasteiger partial charge on any atom is 0.269 e. The van der Waals surface area contributed by atoms with Gasteiger partial charge in [0.25, 0.3) is 5.91 Å². The molecule has 0 saturated carbocycles. The van der Waals surface area contributed by atoms with E-state index in [2.05, 4.69) is 10.9 Å². The molecule has 0 bridgehead atoms. The van der Waals surface area contributed by atoms with Crippen LogP contribution in [0.15, 0.2) is 54.6 Å². The van der Waals surface area contributed by atoms with E-state index in [1.807, 2.05) is 36.4 Å². The number of hydrogen-bond acceptors (Lipinski definition) is 3. The van der Waals surface area contributed by atoms with Crippen LogP contribution in [0.5, 0.6) is 0 Å². The van der Waals surface area contributed by atoms with Crippen LogP contribution in [0.25, 0.3) is 0 Å². The first-order valence-electron chi connectivity index (χ1n) is 6.32. The lowest BCUT2D eigenvalue weighted by molar-refractivity contribution is -0.121. The van der Waals surface area contributed by atoms with Gasteiger partial charge in [-0.1, -0.05) is 36.4 Å². The van der Waals surface area contributed by atoms with Crippen molar-refractivity contribution in [2.75, 3.05) is 0 Å². The van der Waals surface area contributed by atoms with Crippen LogP contribution in [0, 0.1) is 11.3 Å². The van der Waals surface area contributed by atoms with Crippen LogP contribution in [-0.4, -0.2) is 11.8 Å². The van der Waals surface area contributed by atoms with Crippen LogP contribution in [0.3, 0.4) is 0 Å². The Morgan fingerprint density at radius 2 is 1.76 bits per heavy atom. The Hall–Kier alpha value is -3.13. The van der Waals surface area contributed by atoms with Crippen molar-refractivity contribution in [2.45, 2.75) is 6.42 Å². The van der Waals surface area contributed by atoms with Gasteiger partial charge in [0.2, 0.25) is 5.91 Å². The van der Waals surface area contributed by atoms with Crippen molar-refractivity contribution in [3.63, 3.8) is 0 Å². The summed E-state index contributed by atoms with van der Waals surface area (Å²) in [6, 6.07) is 17.4. The van der Waals surface area contributed by atoms with Crippen molar-refractivity contribution >= 4 is 11.8 Å². The SMILES string of the molecule is N#Cc1cccc(C(=O)NNC(=O)Cc2ccccc2)c1. The van der Waals surface area contributed by atoms with Crippen molar-refractivity contribution in [1.82, 2.24) is 10.9 Å². The van der Waals surface area contributed by atoms with Crippen molar-refractivity contribution < 1.29 is 9.59 Å². The number of carbonyl (C=O) groups is 2. The van der Waals surface area contributed by atoms with Gasteiger partial charge in [-0.25, -0.2) is 0 Å². The molecule has 2 aromatic rings. The van der Waals surface area contributed by atoms with Gasteiger partial charge in [-0.2, -0.15) is 5.26 Å². The molecule has 2 aromatic carbocycles. The third-order valence-electron chi connectivity index (χ3n) is 2.78. The van der Waals surface area contributed by atoms with Crippen molar-refractivity contribution in [3.8, 4) is 6.07 Å². The van der Waals surface area contributed by atoms with Gasteiger partial charge in [-0.15, -0.1) is 0 Å². The summed E-state index contributed by atoms with van der Waals surface area (Å²) in [7, 11) is 0. The molecule has 0 aliphatic heterocycles. The quantitative estimate of drug-likeness (QED) is 0.836. The van der Waals surface area contributed by atoms with Crippen molar-refractivity contribution in [3.05, 3.63) is 71.3 Å². The Labute approximate surface area is 122 Å². The van der Waals surface area contributed by atoms with E-state index < -0.39 is 5.91 Å². The molecule has 104 valence electrons. The molecule has 0 atom stereocenters. The van der Waals surface area contributed by atoms with Crippen molar-refractivity contribution in [1.29, 1.82) is 5.26 Å². The highest BCUT2D eigenvalue weighted by atomic mass is 16.2. The minimum Gasteiger partial charge on any atom is -0.273 e. The molecule has 0 aliphatic carbocycles. The Balaban J connectivity index is 1.89. The molecular formula is C16H13N3O2. The highest BCUT2D eigenvalue weighted by molar-refractivity contribution is 5.95. The van der Waals surface area contributed by atoms with Gasteiger partial charge in [-0.3, -0.25) is 20.4 Å². The Kier molecular flexibility index (Phi) is 4.67. The van der Waals surface area contributed by atoms with Gasteiger partial charge in [0.05, 0.1) is 18.1 Å². The molecule has 2 amide bonds. The maximum atomic E-state index is 11.8. The summed E-state index contributed by atoms with van der Waals surface area (Å²) in [4.78, 5) is 23.5. The second kappa shape index (κ2) is 6.87. The molecule has 0 unspecified atom stereocenters. The lowest BCUT2D eigenvalue weighted by Gasteiger charge is -2.07. The highest BCUT2D eigenvalue weighted by Crippen LogP contribution is 2.03. The van der Waals surface area contributed by atoms with Gasteiger partial charge < -0.3 is 0 Å². The van der Waals surface area contributed by atoms with E-state index in [0.29, 0.717) is 11.1 Å². The third-order valence-corrected chi connectivity index (χ3v) is 2.78. The Morgan fingerprint density at radius 3 is 2.48 bits per heavy atom. The first kappa shape index (κ1) is 14.3. The minimum atomic E-state index is -0.464. The lowest BCUT2D eigenvalue weighted by Crippen LogP contribution is -2.42. The van der Waals surface area contributed by atoms with Gasteiger partial charge in [0.15, 0.2) is 0 Å². The van der Waals surface area contributed by atoms with E-state index >= 15 is 0 Å². The normalized spacial score (nSPS) is 9.48. The molecule has 0 radical (unpaired) electrons. The van der Waals surface area contributed by atoms with Gasteiger partial charge in [-0.05, 0) is 23.8 Å². The van der Waals surface area contributed by atoms with Gasteiger partial charge >= 0.3 is 0 Å². The number of carbonyl (C=O) groups excluding carboxylic acids is 2. The summed E-state index contributed by atoms with van der Waals surface area (Å²) in [5.41, 5.74) is 6.23. The smallest absolute Gasteiger partial charge is 0.269 e. The average Bonchev–Trinajstić information content (AvgIpc) is 2.53. The molecule has 0 aromatic heterocycles. The average molecular weight is 279 g/mol. The molecule has 5 nitrogen and oxygen atoms in total. The topological polar surface area (TPSA) is 82.0 Å². The predicted octanol–water partition coefficient (Wildman–Crippen LogP) is 1.56. The van der Waals surface area contributed by atoms with Crippen LogP contribution in [0.1, 0.15) is 21.5 Å². The molecule has 2 rings (SSSR count). The second-order valence-electron chi connectivity index (χ2n) is 4.36. The summed E-state index contributed by atoms with van der Waals surface area (Å²) in [6.45, 7) is 0. The maximum absolute atomic E-state index is 11.8. The zero-order chi connectivity index (χ0) is 15.1. The largest absolute Gasteiger partial charge is 0.273 e. The van der Waals surface area contributed by atoms with E-state index in [-0.39, 0.29) is 12.3 Å². The zero-order valence-corrected chi connectivity index (χ0v) is 11.2. The molecule has 0 spiro atoms. The summed E-state index contributed by atoms with van der Waals surface area (Å²) in [6.07, 6.45) is 0.180. The van der Waals surface area contributed by atoms with Gasteiger partial charge in [0, 0.05) is 5.56 Å². The predicted molar refractivity (Wildman–Crippen MR) is 76.9 cm³/mol. The number of hydrazine groups is 1. The fourth-order valence-electron chi connectivity index (χ4n) is 1.75. The van der Waals surface area contributed by atoms with Crippen LogP contribution in [0.4, 0.5) is 0 Å². The molecule has 0 aliphatic rings. The van der Waals surface area contributed by atoms with Crippen LogP contribution >= 0.6 is 0 Å². The molecule has 0 fully saturated rings. The summed E-state index contributed by atoms with van der Waals surface area (Å²) >= 11 is 0. The summed E-state index contributed by atoms with van der Waals surface area (Å²) in [5.74, 6) is -0.778. The van der Waals surface area contributed by atoms with E-state index in [0.717, 1.165) is 5.56 Å². The number of amides is 2. The molecule has 21 heavy (non-hydrogen) atoms. The number of nitriles is 1. The van der Waals surface area contributed by atoms with E-state index in [9.17, 15) is 9.59 Å². The molecule has 0 saturated heterocycles. The first-order valence-corrected chi connectivity index (χ1v) is 6.32. The fourth-order valence-corrected chi connectivity index (χ4v) is 1.75. The fraction of sp³-hybridized carbons (Fsp3) is 0.0625.